The number of aromatic hydroxyl groups is 1. The van der Waals surface area contributed by atoms with Gasteiger partial charge in [0.2, 0.25) is 0 Å². The van der Waals surface area contributed by atoms with Gasteiger partial charge in [-0.15, -0.1) is 47.3 Å². The van der Waals surface area contributed by atoms with Gasteiger partial charge in [-0.1, -0.05) is 105 Å². The molecule has 6 aromatic carbocycles. The van der Waals surface area contributed by atoms with E-state index in [1.165, 1.54) is 30.3 Å². The first-order valence-corrected chi connectivity index (χ1v) is 16.9. The molecule has 0 spiro atoms. The number of hydrogen-bond donors (Lipinski definition) is 1. The molecule has 0 saturated heterocycles. The minimum Gasteiger partial charge on any atom is -0.507 e. The van der Waals surface area contributed by atoms with Crippen molar-refractivity contribution in [1.29, 1.82) is 0 Å². The van der Waals surface area contributed by atoms with Crippen LogP contribution in [0.2, 0.25) is 10.0 Å². The number of phenolic OH excluding ortho intramolecular Hbond substituents is 1. The predicted molar refractivity (Wildman–Crippen MR) is 208 cm³/mol. The van der Waals surface area contributed by atoms with Crippen LogP contribution in [-0.2, 0) is 0 Å². The van der Waals surface area contributed by atoms with Gasteiger partial charge in [-0.3, -0.25) is 0 Å². The second-order valence-corrected chi connectivity index (χ2v) is 16.3. The van der Waals surface area contributed by atoms with Crippen molar-refractivity contribution in [3.8, 4) is 33.8 Å². The topological polar surface area (TPSA) is 29.5 Å². The number of halogens is 7. The largest absolute Gasteiger partial charge is 0.507 e. The number of methoxy groups -OCH3 is 1. The molecular formula is C36H32BBr3Cl2F2O2. The lowest BCUT2D eigenvalue weighted by atomic mass is 9.97. The van der Waals surface area contributed by atoms with Crippen molar-refractivity contribution in [1.82, 2.24) is 0 Å². The molecule has 240 valence electrons. The Morgan fingerprint density at radius 3 is 1.59 bits per heavy atom. The van der Waals surface area contributed by atoms with Crippen molar-refractivity contribution in [2.24, 2.45) is 0 Å². The van der Waals surface area contributed by atoms with E-state index in [0.717, 1.165) is 27.1 Å². The Labute approximate surface area is 306 Å². The van der Waals surface area contributed by atoms with Gasteiger partial charge >= 0.3 is 3.18 Å². The van der Waals surface area contributed by atoms with Crippen LogP contribution in [0, 0.1) is 11.6 Å². The SMILES string of the molecule is BrB(Br)Br.C.COc1ccc2ccccc2c1-c1cc(Cl)ccc1F.Oc1ccc2ccccc2c1-c1cc(Cl)ccc1F.[2H]CC. The fourth-order valence-corrected chi connectivity index (χ4v) is 4.96. The van der Waals surface area contributed by atoms with Gasteiger partial charge in [-0.2, -0.15) is 0 Å². The van der Waals surface area contributed by atoms with Gasteiger partial charge in [0.25, 0.3) is 0 Å². The maximum atomic E-state index is 14.2. The summed E-state index contributed by atoms with van der Waals surface area (Å²) in [6, 6.07) is 31.4. The van der Waals surface area contributed by atoms with Crippen LogP contribution in [0.4, 0.5) is 8.78 Å². The van der Waals surface area contributed by atoms with E-state index in [0.29, 0.717) is 39.4 Å². The van der Waals surface area contributed by atoms with Crippen molar-refractivity contribution in [2.45, 2.75) is 21.3 Å². The van der Waals surface area contributed by atoms with Crippen LogP contribution in [0.25, 0.3) is 43.8 Å². The van der Waals surface area contributed by atoms with Crippen molar-refractivity contribution in [3.63, 3.8) is 0 Å². The summed E-state index contributed by atoms with van der Waals surface area (Å²) in [5, 5.41) is 14.7. The van der Waals surface area contributed by atoms with Crippen LogP contribution in [0.15, 0.2) is 109 Å². The van der Waals surface area contributed by atoms with Crippen LogP contribution in [0.3, 0.4) is 0 Å². The Kier molecular flexibility index (Phi) is 15.8. The lowest BCUT2D eigenvalue weighted by Crippen LogP contribution is -1.92. The van der Waals surface area contributed by atoms with Gasteiger partial charge in [0, 0.05) is 33.7 Å². The number of phenols is 1. The summed E-state index contributed by atoms with van der Waals surface area (Å²) in [7, 11) is 1.58. The van der Waals surface area contributed by atoms with Gasteiger partial charge in [-0.25, -0.2) is 8.78 Å². The number of fused-ring (bicyclic) bond motifs is 2. The summed E-state index contributed by atoms with van der Waals surface area (Å²) < 4.78 is 40.1. The first-order chi connectivity index (χ1) is 22.0. The average Bonchev–Trinajstić information content (AvgIpc) is 3.03. The molecule has 10 heteroatoms. The van der Waals surface area contributed by atoms with E-state index in [9.17, 15) is 13.9 Å². The Morgan fingerprint density at radius 1 is 0.696 bits per heavy atom. The standard InChI is InChI=1S/C17H12ClFO.C16H10ClFO.C2H6.CH4.BBr3/c1-20-16-9-6-11-4-2-3-5-13(11)17(16)14-10-12(18)7-8-15(14)19;17-11-6-7-14(18)13(9-11)16-12-4-2-1-3-10(12)5-8-15(16)19;1-2;;2-1(3)4/h2-10H,1H3;1-9,19H;1-2H3;1H4;/i;;1D;;. The summed E-state index contributed by atoms with van der Waals surface area (Å²) in [6.07, 6.45) is 0. The van der Waals surface area contributed by atoms with Crippen molar-refractivity contribution in [3.05, 3.63) is 131 Å². The summed E-state index contributed by atoms with van der Waals surface area (Å²) in [5.41, 5.74) is 1.96. The smallest absolute Gasteiger partial charge is 0.369 e. The normalized spacial score (nSPS) is 10.2. The zero-order valence-electron chi connectivity index (χ0n) is 25.2. The van der Waals surface area contributed by atoms with Gasteiger partial charge in [0.05, 0.1) is 7.11 Å². The molecule has 0 amide bonds. The molecule has 6 aromatic rings. The molecule has 0 aliphatic heterocycles. The average molecular weight is 857 g/mol. The second kappa shape index (κ2) is 19.3. The number of rotatable bonds is 3. The molecule has 0 radical (unpaired) electrons. The van der Waals surface area contributed by atoms with Crippen LogP contribution in [0.5, 0.6) is 11.5 Å². The summed E-state index contributed by atoms with van der Waals surface area (Å²) >= 11 is 21.2. The van der Waals surface area contributed by atoms with E-state index in [1.807, 2.05) is 60.7 Å². The molecule has 0 unspecified atom stereocenters. The third kappa shape index (κ3) is 10.2. The summed E-state index contributed by atoms with van der Waals surface area (Å²) in [4.78, 5) is 0. The van der Waals surface area contributed by atoms with Crippen LogP contribution in [-0.4, -0.2) is 15.4 Å². The molecule has 6 rings (SSSR count). The molecule has 0 bridgehead atoms. The lowest BCUT2D eigenvalue weighted by molar-refractivity contribution is 0.416. The first kappa shape index (κ1) is 37.8. The fourth-order valence-electron chi connectivity index (χ4n) is 4.62. The highest BCUT2D eigenvalue weighted by atomic mass is 79.9. The fraction of sp³-hybridized carbons (Fsp3) is 0.111. The Morgan fingerprint density at radius 2 is 1.11 bits per heavy atom. The monoisotopic (exact) mass is 853 g/mol. The Bertz CT molecular complexity index is 1910. The number of hydrogen-bond acceptors (Lipinski definition) is 2. The maximum Gasteiger partial charge on any atom is 0.369 e. The Balaban J connectivity index is 0.000000269. The molecule has 46 heavy (non-hydrogen) atoms. The molecule has 1 N–H and O–H groups in total. The van der Waals surface area contributed by atoms with E-state index in [1.54, 1.807) is 32.2 Å². The molecule has 0 saturated carbocycles. The maximum absolute atomic E-state index is 14.2. The van der Waals surface area contributed by atoms with Crippen LogP contribution >= 0.6 is 70.5 Å². The minimum absolute atomic E-state index is 0. The number of ether oxygens (including phenoxy) is 1. The molecular weight excluding hydrogens is 824 g/mol. The highest BCUT2D eigenvalue weighted by Gasteiger charge is 2.15. The highest BCUT2D eigenvalue weighted by molar-refractivity contribution is 9.69. The van der Waals surface area contributed by atoms with E-state index in [2.05, 4.69) is 47.3 Å². The third-order valence-corrected chi connectivity index (χ3v) is 6.88. The third-order valence-electron chi connectivity index (χ3n) is 6.41. The predicted octanol–water partition coefficient (Wildman–Crippen LogP) is 14.1. The molecule has 0 aliphatic rings. The second-order valence-electron chi connectivity index (χ2n) is 9.04. The summed E-state index contributed by atoms with van der Waals surface area (Å²) in [5.74, 6) is -0.0511. The highest BCUT2D eigenvalue weighted by Crippen LogP contribution is 2.40. The number of benzene rings is 6. The van der Waals surface area contributed by atoms with Crippen LogP contribution in [0.1, 0.15) is 22.6 Å². The lowest BCUT2D eigenvalue weighted by Gasteiger charge is -2.13. The quantitative estimate of drug-likeness (QED) is 0.180. The van der Waals surface area contributed by atoms with Gasteiger partial charge in [0.1, 0.15) is 23.1 Å². The van der Waals surface area contributed by atoms with Crippen LogP contribution < -0.4 is 4.74 Å². The van der Waals surface area contributed by atoms with E-state index in [-0.39, 0.29) is 22.2 Å². The zero-order valence-corrected chi connectivity index (χ0v) is 30.4. The zero-order chi connectivity index (χ0) is 33.8. The molecule has 0 heterocycles. The first-order valence-electron chi connectivity index (χ1n) is 14.1. The van der Waals surface area contributed by atoms with E-state index < -0.39 is 5.82 Å². The van der Waals surface area contributed by atoms with Gasteiger partial charge in [0.15, 0.2) is 0 Å². The van der Waals surface area contributed by atoms with Crippen molar-refractivity contribution < 1.29 is 20.0 Å². The Hall–Kier alpha value is -2.62. The summed E-state index contributed by atoms with van der Waals surface area (Å²) in [6.45, 7) is 2.29. The minimum atomic E-state index is -0.406. The molecule has 0 aromatic heterocycles. The molecule has 0 fully saturated rings. The molecule has 0 atom stereocenters. The molecule has 0 aliphatic carbocycles. The molecule has 2 nitrogen and oxygen atoms in total. The van der Waals surface area contributed by atoms with Gasteiger partial charge < -0.3 is 9.84 Å². The van der Waals surface area contributed by atoms with Crippen molar-refractivity contribution >= 4 is 95.2 Å². The van der Waals surface area contributed by atoms with Crippen molar-refractivity contribution in [2.75, 3.05) is 7.11 Å². The van der Waals surface area contributed by atoms with E-state index in [4.69, 9.17) is 29.3 Å². The van der Waals surface area contributed by atoms with E-state index >= 15 is 0 Å². The van der Waals surface area contributed by atoms with Gasteiger partial charge in [-0.05, 0) is 70.1 Å².